The van der Waals surface area contributed by atoms with Crippen LogP contribution in [0.4, 0.5) is 0 Å². The average Bonchev–Trinajstić information content (AvgIpc) is 3.24. The quantitative estimate of drug-likeness (QED) is 0.349. The first-order valence-electron chi connectivity index (χ1n) is 10.6. The fourth-order valence-electron chi connectivity index (χ4n) is 3.45. The molecule has 34 heavy (non-hydrogen) atoms. The number of rotatable bonds is 13. The van der Waals surface area contributed by atoms with Gasteiger partial charge in [-0.3, -0.25) is 0 Å². The first kappa shape index (κ1) is 26.0. The van der Waals surface area contributed by atoms with Gasteiger partial charge in [-0.25, -0.2) is 21.8 Å². The molecule has 1 aromatic heterocycles. The maximum Gasteiger partial charge on any atom is 0.243 e. The third-order valence-corrected chi connectivity index (χ3v) is 8.62. The van der Waals surface area contributed by atoms with E-state index in [2.05, 4.69) is 4.98 Å². The van der Waals surface area contributed by atoms with E-state index in [1.807, 2.05) is 6.07 Å². The predicted octanol–water partition coefficient (Wildman–Crippen LogP) is 2.34. The number of imidazole rings is 1. The smallest absolute Gasteiger partial charge is 0.243 e. The fraction of sp³-hybridized carbons (Fsp3) is 0.348. The molecule has 0 saturated heterocycles. The van der Waals surface area contributed by atoms with Crippen LogP contribution >= 0.6 is 0 Å². The number of nitrogens with zero attached hydrogens (tertiary/aromatic N) is 3. The van der Waals surface area contributed by atoms with Crippen molar-refractivity contribution < 1.29 is 26.3 Å². The van der Waals surface area contributed by atoms with Gasteiger partial charge in [0.25, 0.3) is 0 Å². The second kappa shape index (κ2) is 11.7. The maximum absolute atomic E-state index is 13.3. The molecule has 0 aliphatic carbocycles. The first-order chi connectivity index (χ1) is 16.3. The van der Waals surface area contributed by atoms with Gasteiger partial charge in [-0.1, -0.05) is 48.5 Å². The molecule has 1 heterocycles. The summed E-state index contributed by atoms with van der Waals surface area (Å²) >= 11 is 0. The molecular formula is C23H29N3O6S2. The second-order valence-electron chi connectivity index (χ2n) is 7.57. The summed E-state index contributed by atoms with van der Waals surface area (Å²) in [6.07, 6.45) is 1.41. The Morgan fingerprint density at radius 2 is 1.50 bits per heavy atom. The number of hydrogen-bond acceptors (Lipinski definition) is 7. The maximum atomic E-state index is 13.3. The second-order valence-corrected chi connectivity index (χ2v) is 11.4. The Morgan fingerprint density at radius 3 is 2.12 bits per heavy atom. The summed E-state index contributed by atoms with van der Waals surface area (Å²) in [5.41, 5.74) is 1.08. The summed E-state index contributed by atoms with van der Waals surface area (Å²) in [6.45, 7) is 0.643. The van der Waals surface area contributed by atoms with Crippen molar-refractivity contribution in [3.63, 3.8) is 0 Å². The zero-order valence-corrected chi connectivity index (χ0v) is 20.8. The highest BCUT2D eigenvalue weighted by Gasteiger charge is 2.29. The first-order valence-corrected chi connectivity index (χ1v) is 13.7. The topological polar surface area (TPSA) is 108 Å². The van der Waals surface area contributed by atoms with Crippen molar-refractivity contribution in [1.29, 1.82) is 0 Å². The van der Waals surface area contributed by atoms with Crippen LogP contribution in [-0.2, 0) is 48.2 Å². The van der Waals surface area contributed by atoms with E-state index in [4.69, 9.17) is 9.47 Å². The Labute approximate surface area is 200 Å². The van der Waals surface area contributed by atoms with Crippen molar-refractivity contribution in [1.82, 2.24) is 13.9 Å². The van der Waals surface area contributed by atoms with Gasteiger partial charge in [-0.2, -0.15) is 4.31 Å². The van der Waals surface area contributed by atoms with E-state index >= 15 is 0 Å². The molecular weight excluding hydrogens is 478 g/mol. The number of sulfone groups is 1. The van der Waals surface area contributed by atoms with Gasteiger partial charge in [0.15, 0.2) is 0 Å². The minimum atomic E-state index is -3.85. The van der Waals surface area contributed by atoms with Crippen LogP contribution in [0.15, 0.2) is 76.9 Å². The summed E-state index contributed by atoms with van der Waals surface area (Å²) in [7, 11) is -4.64. The molecule has 0 atom stereocenters. The molecule has 0 N–H and O–H groups in total. The summed E-state index contributed by atoms with van der Waals surface area (Å²) in [4.78, 5) is 4.34. The third-order valence-electron chi connectivity index (χ3n) is 5.16. The molecule has 0 fully saturated rings. The molecule has 3 rings (SSSR count). The minimum absolute atomic E-state index is 0.0713. The molecule has 0 unspecified atom stereocenters. The van der Waals surface area contributed by atoms with Crippen LogP contribution in [0, 0.1) is 0 Å². The Balaban J connectivity index is 1.98. The molecule has 0 aliphatic rings. The Morgan fingerprint density at radius 1 is 0.882 bits per heavy atom. The van der Waals surface area contributed by atoms with Crippen molar-refractivity contribution in [3.8, 4) is 0 Å². The van der Waals surface area contributed by atoms with E-state index in [1.165, 1.54) is 41.4 Å². The van der Waals surface area contributed by atoms with Crippen molar-refractivity contribution in [2.75, 3.05) is 34.0 Å². The number of benzene rings is 2. The van der Waals surface area contributed by atoms with Gasteiger partial charge in [0.1, 0.15) is 0 Å². The van der Waals surface area contributed by atoms with E-state index < -0.39 is 19.9 Å². The Bertz CT molecular complexity index is 1260. The molecule has 184 valence electrons. The lowest BCUT2D eigenvalue weighted by Crippen LogP contribution is -2.34. The molecule has 11 heteroatoms. The standard InChI is InChI=1S/C23H29N3O6S2/c1-31-15-13-25(34(29,30)22-11-7-4-8-12-22)18-21-17-24-23(26(21)14-16-32-2)33(27,28)19-20-9-5-3-6-10-20/h3-12,17H,13-16,18-19H2,1-2H3. The summed E-state index contributed by atoms with van der Waals surface area (Å²) < 4.78 is 66.1. The van der Waals surface area contributed by atoms with Gasteiger partial charge in [0.2, 0.25) is 25.0 Å². The van der Waals surface area contributed by atoms with Crippen LogP contribution in [0.2, 0.25) is 0 Å². The lowest BCUT2D eigenvalue weighted by Gasteiger charge is -2.23. The average molecular weight is 508 g/mol. The van der Waals surface area contributed by atoms with Crippen LogP contribution in [0.3, 0.4) is 0 Å². The summed E-state index contributed by atoms with van der Waals surface area (Å²) in [5, 5.41) is -0.118. The Kier molecular flexibility index (Phi) is 8.97. The molecule has 0 saturated carbocycles. The van der Waals surface area contributed by atoms with Crippen molar-refractivity contribution in [2.24, 2.45) is 0 Å². The zero-order chi connectivity index (χ0) is 24.6. The summed E-state index contributed by atoms with van der Waals surface area (Å²) in [6, 6.07) is 16.9. The molecule has 0 bridgehead atoms. The number of hydrogen-bond donors (Lipinski definition) is 0. The lowest BCUT2D eigenvalue weighted by atomic mass is 10.2. The lowest BCUT2D eigenvalue weighted by molar-refractivity contribution is 0.173. The van der Waals surface area contributed by atoms with Crippen molar-refractivity contribution in [2.45, 2.75) is 28.9 Å². The Hall–Kier alpha value is -2.57. The van der Waals surface area contributed by atoms with Crippen molar-refractivity contribution >= 4 is 19.9 Å². The van der Waals surface area contributed by atoms with Crippen LogP contribution < -0.4 is 0 Å². The molecule has 2 aromatic carbocycles. The molecule has 0 aliphatic heterocycles. The molecule has 0 amide bonds. The van der Waals surface area contributed by atoms with E-state index in [1.54, 1.807) is 42.5 Å². The highest BCUT2D eigenvalue weighted by molar-refractivity contribution is 7.90. The van der Waals surface area contributed by atoms with E-state index in [9.17, 15) is 16.8 Å². The largest absolute Gasteiger partial charge is 0.383 e. The van der Waals surface area contributed by atoms with Gasteiger partial charge >= 0.3 is 0 Å². The normalized spacial score (nSPS) is 12.3. The van der Waals surface area contributed by atoms with E-state index in [0.717, 1.165) is 0 Å². The van der Waals surface area contributed by atoms with Crippen LogP contribution in [0.25, 0.3) is 0 Å². The molecule has 0 radical (unpaired) electrons. The van der Waals surface area contributed by atoms with E-state index in [0.29, 0.717) is 11.3 Å². The van der Waals surface area contributed by atoms with Gasteiger partial charge in [-0.15, -0.1) is 0 Å². The highest BCUT2D eigenvalue weighted by atomic mass is 32.2. The van der Waals surface area contributed by atoms with Crippen LogP contribution in [0.1, 0.15) is 11.3 Å². The zero-order valence-electron chi connectivity index (χ0n) is 19.2. The number of sulfonamides is 1. The number of methoxy groups -OCH3 is 2. The minimum Gasteiger partial charge on any atom is -0.383 e. The van der Waals surface area contributed by atoms with Gasteiger partial charge in [0, 0.05) is 27.3 Å². The van der Waals surface area contributed by atoms with Crippen LogP contribution in [-0.4, -0.2) is 64.7 Å². The van der Waals surface area contributed by atoms with E-state index in [-0.39, 0.29) is 48.7 Å². The number of ether oxygens (including phenoxy) is 2. The fourth-order valence-corrected chi connectivity index (χ4v) is 6.38. The van der Waals surface area contributed by atoms with Gasteiger partial charge < -0.3 is 14.0 Å². The van der Waals surface area contributed by atoms with Crippen molar-refractivity contribution in [3.05, 3.63) is 78.1 Å². The van der Waals surface area contributed by atoms with Crippen LogP contribution in [0.5, 0.6) is 0 Å². The van der Waals surface area contributed by atoms with Gasteiger partial charge in [-0.05, 0) is 17.7 Å². The molecule has 3 aromatic rings. The van der Waals surface area contributed by atoms with Gasteiger partial charge in [0.05, 0.1) is 42.3 Å². The highest BCUT2D eigenvalue weighted by Crippen LogP contribution is 2.22. The number of aromatic nitrogens is 2. The monoisotopic (exact) mass is 507 g/mol. The third kappa shape index (κ3) is 6.30. The molecule has 9 nitrogen and oxygen atoms in total. The summed E-state index contributed by atoms with van der Waals surface area (Å²) in [5.74, 6) is -0.215. The predicted molar refractivity (Wildman–Crippen MR) is 127 cm³/mol. The molecule has 0 spiro atoms. The SMILES string of the molecule is COCCN(Cc1cnc(S(=O)(=O)Cc2ccccc2)n1CCOC)S(=O)(=O)c1ccccc1.